The van der Waals surface area contributed by atoms with Crippen LogP contribution in [0.25, 0.3) is 0 Å². The molecule has 2 rings (SSSR count). The van der Waals surface area contributed by atoms with Crippen molar-refractivity contribution in [3.05, 3.63) is 35.4 Å². The summed E-state index contributed by atoms with van der Waals surface area (Å²) in [4.78, 5) is 36.7. The molecule has 1 heterocycles. The molecule has 5 nitrogen and oxygen atoms in total. The van der Waals surface area contributed by atoms with E-state index in [9.17, 15) is 14.4 Å². The second kappa shape index (κ2) is 5.22. The summed E-state index contributed by atoms with van der Waals surface area (Å²) in [5, 5.41) is 2.73. The number of rotatable bonds is 4. The first-order valence-electron chi connectivity index (χ1n) is 6.25. The molecule has 19 heavy (non-hydrogen) atoms. The summed E-state index contributed by atoms with van der Waals surface area (Å²) < 4.78 is 0. The first kappa shape index (κ1) is 13.3. The van der Waals surface area contributed by atoms with Gasteiger partial charge in [0, 0.05) is 19.0 Å². The largest absolute Gasteiger partial charge is 0.354 e. The standard InChI is InChI=1S/C14H16N2O3/c1-9(2)15-12(17)7-8-16-13(18)10-5-3-4-6-11(10)14(16)19/h3-6,9H,7-8H2,1-2H3,(H,15,17). The number of fused-ring (bicyclic) bond motifs is 1. The van der Waals surface area contributed by atoms with Gasteiger partial charge in [0.1, 0.15) is 0 Å². The van der Waals surface area contributed by atoms with Crippen LogP contribution >= 0.6 is 0 Å². The summed E-state index contributed by atoms with van der Waals surface area (Å²) in [6, 6.07) is 6.75. The average Bonchev–Trinajstić information content (AvgIpc) is 2.60. The SMILES string of the molecule is CC(C)NC(=O)CCN1C(=O)c2ccccc2C1=O. The van der Waals surface area contributed by atoms with Gasteiger partial charge in [-0.15, -0.1) is 0 Å². The van der Waals surface area contributed by atoms with Crippen molar-refractivity contribution in [1.82, 2.24) is 10.2 Å². The summed E-state index contributed by atoms with van der Waals surface area (Å²) in [7, 11) is 0. The highest BCUT2D eigenvalue weighted by Gasteiger charge is 2.34. The predicted octanol–water partition coefficient (Wildman–Crippen LogP) is 1.20. The zero-order chi connectivity index (χ0) is 14.0. The maximum absolute atomic E-state index is 12.0. The van der Waals surface area contributed by atoms with Crippen LogP contribution in [0.2, 0.25) is 0 Å². The van der Waals surface area contributed by atoms with Crippen LogP contribution in [-0.4, -0.2) is 35.2 Å². The van der Waals surface area contributed by atoms with Crippen molar-refractivity contribution >= 4 is 17.7 Å². The molecule has 0 saturated heterocycles. The molecule has 0 saturated carbocycles. The molecule has 0 bridgehead atoms. The summed E-state index contributed by atoms with van der Waals surface area (Å²) in [6.45, 7) is 3.84. The monoisotopic (exact) mass is 260 g/mol. The van der Waals surface area contributed by atoms with Gasteiger partial charge in [-0.2, -0.15) is 0 Å². The van der Waals surface area contributed by atoms with Crippen LogP contribution in [-0.2, 0) is 4.79 Å². The minimum atomic E-state index is -0.321. The topological polar surface area (TPSA) is 66.5 Å². The van der Waals surface area contributed by atoms with Gasteiger partial charge in [0.15, 0.2) is 0 Å². The van der Waals surface area contributed by atoms with Crippen molar-refractivity contribution in [2.24, 2.45) is 0 Å². The summed E-state index contributed by atoms with van der Waals surface area (Å²) in [5.41, 5.74) is 0.827. The predicted molar refractivity (Wildman–Crippen MR) is 69.7 cm³/mol. The molecule has 0 aromatic heterocycles. The van der Waals surface area contributed by atoms with Crippen molar-refractivity contribution < 1.29 is 14.4 Å². The average molecular weight is 260 g/mol. The highest BCUT2D eigenvalue weighted by atomic mass is 16.2. The molecule has 100 valence electrons. The van der Waals surface area contributed by atoms with E-state index in [1.807, 2.05) is 13.8 Å². The zero-order valence-electron chi connectivity index (χ0n) is 11.0. The van der Waals surface area contributed by atoms with E-state index in [4.69, 9.17) is 0 Å². The molecule has 1 aromatic rings. The lowest BCUT2D eigenvalue weighted by molar-refractivity contribution is -0.121. The van der Waals surface area contributed by atoms with Crippen LogP contribution in [0.1, 0.15) is 41.0 Å². The number of benzene rings is 1. The van der Waals surface area contributed by atoms with E-state index >= 15 is 0 Å². The third kappa shape index (κ3) is 2.65. The third-order valence-electron chi connectivity index (χ3n) is 2.89. The van der Waals surface area contributed by atoms with Crippen molar-refractivity contribution in [3.63, 3.8) is 0 Å². The number of carbonyl (C=O) groups excluding carboxylic acids is 3. The van der Waals surface area contributed by atoms with Crippen molar-refractivity contribution in [3.8, 4) is 0 Å². The van der Waals surface area contributed by atoms with Gasteiger partial charge in [0.05, 0.1) is 11.1 Å². The van der Waals surface area contributed by atoms with Crippen molar-refractivity contribution in [2.75, 3.05) is 6.54 Å². The lowest BCUT2D eigenvalue weighted by Crippen LogP contribution is -2.36. The Morgan fingerprint density at radius 1 is 1.16 bits per heavy atom. The molecular formula is C14H16N2O3. The van der Waals surface area contributed by atoms with Gasteiger partial charge in [0.25, 0.3) is 11.8 Å². The van der Waals surface area contributed by atoms with Crippen LogP contribution in [0.15, 0.2) is 24.3 Å². The Morgan fingerprint density at radius 2 is 1.68 bits per heavy atom. The highest BCUT2D eigenvalue weighted by Crippen LogP contribution is 2.22. The number of hydrogen-bond donors (Lipinski definition) is 1. The number of imide groups is 1. The highest BCUT2D eigenvalue weighted by molar-refractivity contribution is 6.21. The molecule has 1 aromatic carbocycles. The molecule has 3 amide bonds. The maximum Gasteiger partial charge on any atom is 0.261 e. The molecule has 1 N–H and O–H groups in total. The quantitative estimate of drug-likeness (QED) is 0.827. The van der Waals surface area contributed by atoms with E-state index in [1.54, 1.807) is 24.3 Å². The molecule has 0 atom stereocenters. The number of hydrogen-bond acceptors (Lipinski definition) is 3. The molecule has 1 aliphatic heterocycles. The summed E-state index contributed by atoms with van der Waals surface area (Å²) in [5.74, 6) is -0.803. The fourth-order valence-corrected chi connectivity index (χ4v) is 2.05. The van der Waals surface area contributed by atoms with E-state index in [1.165, 1.54) is 0 Å². The minimum Gasteiger partial charge on any atom is -0.354 e. The van der Waals surface area contributed by atoms with Gasteiger partial charge in [-0.3, -0.25) is 19.3 Å². The van der Waals surface area contributed by atoms with E-state index in [2.05, 4.69) is 5.32 Å². The summed E-state index contributed by atoms with van der Waals surface area (Å²) in [6.07, 6.45) is 0.129. The zero-order valence-corrected chi connectivity index (χ0v) is 11.0. The van der Waals surface area contributed by atoms with Crippen LogP contribution in [0.4, 0.5) is 0 Å². The minimum absolute atomic E-state index is 0.0506. The number of carbonyl (C=O) groups is 3. The van der Waals surface area contributed by atoms with Gasteiger partial charge in [-0.1, -0.05) is 12.1 Å². The number of amides is 3. The normalized spacial score (nSPS) is 13.9. The Balaban J connectivity index is 2.03. The van der Waals surface area contributed by atoms with Gasteiger partial charge in [0.2, 0.25) is 5.91 Å². The second-order valence-corrected chi connectivity index (χ2v) is 4.78. The molecule has 0 aliphatic carbocycles. The van der Waals surface area contributed by atoms with E-state index in [0.717, 1.165) is 4.90 Å². The van der Waals surface area contributed by atoms with Gasteiger partial charge in [-0.05, 0) is 26.0 Å². The lowest BCUT2D eigenvalue weighted by atomic mass is 10.1. The van der Waals surface area contributed by atoms with Crippen LogP contribution in [0, 0.1) is 0 Å². The fourth-order valence-electron chi connectivity index (χ4n) is 2.05. The van der Waals surface area contributed by atoms with Crippen molar-refractivity contribution in [1.29, 1.82) is 0 Å². The second-order valence-electron chi connectivity index (χ2n) is 4.78. The van der Waals surface area contributed by atoms with Gasteiger partial charge in [-0.25, -0.2) is 0 Å². The molecule has 0 spiro atoms. The Hall–Kier alpha value is -2.17. The maximum atomic E-state index is 12.0. The van der Waals surface area contributed by atoms with Gasteiger partial charge < -0.3 is 5.32 Å². The van der Waals surface area contributed by atoms with Gasteiger partial charge >= 0.3 is 0 Å². The Labute approximate surface area is 111 Å². The fraction of sp³-hybridized carbons (Fsp3) is 0.357. The van der Waals surface area contributed by atoms with Crippen LogP contribution < -0.4 is 5.32 Å². The first-order valence-corrected chi connectivity index (χ1v) is 6.25. The summed E-state index contributed by atoms with van der Waals surface area (Å²) >= 11 is 0. The Bertz CT molecular complexity index is 502. The number of nitrogens with zero attached hydrogens (tertiary/aromatic N) is 1. The third-order valence-corrected chi connectivity index (χ3v) is 2.89. The molecule has 5 heteroatoms. The Kier molecular flexibility index (Phi) is 3.64. The molecule has 0 radical (unpaired) electrons. The van der Waals surface area contributed by atoms with Crippen LogP contribution in [0.5, 0.6) is 0 Å². The smallest absolute Gasteiger partial charge is 0.261 e. The number of nitrogens with one attached hydrogen (secondary N) is 1. The van der Waals surface area contributed by atoms with Crippen molar-refractivity contribution in [2.45, 2.75) is 26.3 Å². The lowest BCUT2D eigenvalue weighted by Gasteiger charge is -2.14. The molecule has 0 unspecified atom stereocenters. The van der Waals surface area contributed by atoms with E-state index in [-0.39, 0.29) is 36.7 Å². The molecular weight excluding hydrogens is 244 g/mol. The van der Waals surface area contributed by atoms with E-state index in [0.29, 0.717) is 11.1 Å². The molecule has 1 aliphatic rings. The Morgan fingerprint density at radius 3 is 2.16 bits per heavy atom. The van der Waals surface area contributed by atoms with E-state index < -0.39 is 0 Å². The first-order chi connectivity index (χ1) is 9.00. The molecule has 0 fully saturated rings. The van der Waals surface area contributed by atoms with Crippen LogP contribution in [0.3, 0.4) is 0 Å².